The van der Waals surface area contributed by atoms with Crippen LogP contribution >= 0.6 is 0 Å². The Balaban J connectivity index is 1.96. The van der Waals surface area contributed by atoms with Gasteiger partial charge in [0.1, 0.15) is 0 Å². The van der Waals surface area contributed by atoms with Crippen LogP contribution in [0.15, 0.2) is 12.3 Å². The van der Waals surface area contributed by atoms with Gasteiger partial charge in [0, 0.05) is 19.3 Å². The number of hydrogen-bond acceptors (Lipinski definition) is 3. The maximum Gasteiger partial charge on any atom is 0.227 e. The summed E-state index contributed by atoms with van der Waals surface area (Å²) in [7, 11) is 1.87. The molecule has 1 heterocycles. The third-order valence-corrected chi connectivity index (χ3v) is 3.90. The quantitative estimate of drug-likeness (QED) is 0.805. The van der Waals surface area contributed by atoms with Gasteiger partial charge in [0.15, 0.2) is 0 Å². The SMILES string of the molecule is Cn1nccc1CNC(=O)C1(C)CCCC1N. The predicted octanol–water partition coefficient (Wildman–Crippen LogP) is 0.554. The Morgan fingerprint density at radius 2 is 2.53 bits per heavy atom. The van der Waals surface area contributed by atoms with Gasteiger partial charge in [0.05, 0.1) is 17.7 Å². The zero-order valence-electron chi connectivity index (χ0n) is 10.4. The molecule has 0 spiro atoms. The van der Waals surface area contributed by atoms with E-state index in [0.29, 0.717) is 6.54 Å². The van der Waals surface area contributed by atoms with E-state index < -0.39 is 5.41 Å². The van der Waals surface area contributed by atoms with Crippen molar-refractivity contribution in [2.75, 3.05) is 0 Å². The first-order chi connectivity index (χ1) is 8.04. The summed E-state index contributed by atoms with van der Waals surface area (Å²) < 4.78 is 1.76. The summed E-state index contributed by atoms with van der Waals surface area (Å²) in [5.74, 6) is 0.0590. The van der Waals surface area contributed by atoms with E-state index in [0.717, 1.165) is 25.0 Å². The molecule has 2 atom stereocenters. The van der Waals surface area contributed by atoms with Crippen molar-refractivity contribution in [2.45, 2.75) is 38.8 Å². The monoisotopic (exact) mass is 236 g/mol. The molecule has 1 fully saturated rings. The normalized spacial score (nSPS) is 28.3. The summed E-state index contributed by atoms with van der Waals surface area (Å²) in [6, 6.07) is 1.88. The predicted molar refractivity (Wildman–Crippen MR) is 65.0 cm³/mol. The topological polar surface area (TPSA) is 72.9 Å². The second-order valence-corrected chi connectivity index (χ2v) is 5.05. The van der Waals surface area contributed by atoms with E-state index in [-0.39, 0.29) is 11.9 Å². The molecule has 2 unspecified atom stereocenters. The van der Waals surface area contributed by atoms with Crippen molar-refractivity contribution < 1.29 is 4.79 Å². The van der Waals surface area contributed by atoms with E-state index in [9.17, 15) is 4.79 Å². The first-order valence-electron chi connectivity index (χ1n) is 6.05. The van der Waals surface area contributed by atoms with Crippen molar-refractivity contribution >= 4 is 5.91 Å². The zero-order valence-corrected chi connectivity index (χ0v) is 10.4. The Morgan fingerprint density at radius 3 is 3.06 bits per heavy atom. The van der Waals surface area contributed by atoms with Crippen LogP contribution in [0.3, 0.4) is 0 Å². The number of carbonyl (C=O) groups excluding carboxylic acids is 1. The lowest BCUT2D eigenvalue weighted by Crippen LogP contribution is -2.47. The van der Waals surface area contributed by atoms with Crippen molar-refractivity contribution in [3.8, 4) is 0 Å². The first kappa shape index (κ1) is 12.1. The van der Waals surface area contributed by atoms with Crippen LogP contribution in [0.1, 0.15) is 31.9 Å². The molecule has 94 valence electrons. The summed E-state index contributed by atoms with van der Waals surface area (Å²) >= 11 is 0. The van der Waals surface area contributed by atoms with Gasteiger partial charge in [-0.2, -0.15) is 5.10 Å². The smallest absolute Gasteiger partial charge is 0.227 e. The van der Waals surface area contributed by atoms with E-state index in [4.69, 9.17) is 5.73 Å². The Bertz CT molecular complexity index is 414. The van der Waals surface area contributed by atoms with Gasteiger partial charge in [0.2, 0.25) is 5.91 Å². The minimum absolute atomic E-state index is 0.0194. The summed E-state index contributed by atoms with van der Waals surface area (Å²) in [5.41, 5.74) is 6.60. The number of nitrogens with one attached hydrogen (secondary N) is 1. The molecule has 17 heavy (non-hydrogen) atoms. The molecule has 2 rings (SSSR count). The fraction of sp³-hybridized carbons (Fsp3) is 0.667. The molecule has 1 aromatic heterocycles. The van der Waals surface area contributed by atoms with Gasteiger partial charge in [-0.15, -0.1) is 0 Å². The largest absolute Gasteiger partial charge is 0.350 e. The average molecular weight is 236 g/mol. The molecule has 0 saturated heterocycles. The van der Waals surface area contributed by atoms with Crippen LogP contribution in [0.5, 0.6) is 0 Å². The van der Waals surface area contributed by atoms with Crippen molar-refractivity contribution in [2.24, 2.45) is 18.2 Å². The fourth-order valence-corrected chi connectivity index (χ4v) is 2.42. The summed E-state index contributed by atoms with van der Waals surface area (Å²) in [6.45, 7) is 2.47. The van der Waals surface area contributed by atoms with Crippen molar-refractivity contribution in [3.05, 3.63) is 18.0 Å². The zero-order chi connectivity index (χ0) is 12.5. The highest BCUT2D eigenvalue weighted by Crippen LogP contribution is 2.36. The molecular formula is C12H20N4O. The molecule has 5 nitrogen and oxygen atoms in total. The Morgan fingerprint density at radius 1 is 1.76 bits per heavy atom. The van der Waals surface area contributed by atoms with Crippen molar-refractivity contribution in [1.29, 1.82) is 0 Å². The maximum absolute atomic E-state index is 12.2. The van der Waals surface area contributed by atoms with Crippen LogP contribution in [0.4, 0.5) is 0 Å². The molecule has 0 radical (unpaired) electrons. The number of amides is 1. The number of hydrogen-bond donors (Lipinski definition) is 2. The standard InChI is InChI=1S/C12H20N4O/c1-12(6-3-4-10(12)13)11(17)14-8-9-5-7-15-16(9)2/h5,7,10H,3-4,6,8,13H2,1-2H3,(H,14,17). The Hall–Kier alpha value is -1.36. The fourth-order valence-electron chi connectivity index (χ4n) is 2.42. The van der Waals surface area contributed by atoms with Crippen molar-refractivity contribution in [1.82, 2.24) is 15.1 Å². The van der Waals surface area contributed by atoms with Gasteiger partial charge in [-0.05, 0) is 25.8 Å². The lowest BCUT2D eigenvalue weighted by atomic mass is 9.84. The van der Waals surface area contributed by atoms with E-state index in [1.807, 2.05) is 20.0 Å². The van der Waals surface area contributed by atoms with Gasteiger partial charge in [0.25, 0.3) is 0 Å². The number of carbonyl (C=O) groups is 1. The molecule has 5 heteroatoms. The molecule has 1 aliphatic carbocycles. The molecule has 1 saturated carbocycles. The molecule has 3 N–H and O–H groups in total. The van der Waals surface area contributed by atoms with Crippen LogP contribution in [0, 0.1) is 5.41 Å². The van der Waals surface area contributed by atoms with E-state index in [2.05, 4.69) is 10.4 Å². The molecule has 0 aromatic carbocycles. The number of rotatable bonds is 3. The van der Waals surface area contributed by atoms with Gasteiger partial charge in [-0.3, -0.25) is 9.48 Å². The Labute approximate surface area is 101 Å². The second kappa shape index (κ2) is 4.49. The van der Waals surface area contributed by atoms with Crippen LogP contribution in [-0.4, -0.2) is 21.7 Å². The van der Waals surface area contributed by atoms with Crippen LogP contribution < -0.4 is 11.1 Å². The Kier molecular flexibility index (Phi) is 3.19. The van der Waals surface area contributed by atoms with Crippen LogP contribution in [0.25, 0.3) is 0 Å². The summed E-state index contributed by atoms with van der Waals surface area (Å²) in [6.07, 6.45) is 4.59. The lowest BCUT2D eigenvalue weighted by molar-refractivity contribution is -0.130. The van der Waals surface area contributed by atoms with Crippen LogP contribution in [0.2, 0.25) is 0 Å². The van der Waals surface area contributed by atoms with Crippen molar-refractivity contribution in [3.63, 3.8) is 0 Å². The second-order valence-electron chi connectivity index (χ2n) is 5.05. The van der Waals surface area contributed by atoms with E-state index in [1.165, 1.54) is 0 Å². The third-order valence-electron chi connectivity index (χ3n) is 3.90. The molecular weight excluding hydrogens is 216 g/mol. The molecule has 0 bridgehead atoms. The summed E-state index contributed by atoms with van der Waals surface area (Å²) in [4.78, 5) is 12.2. The molecule has 1 amide bonds. The van der Waals surface area contributed by atoms with Crippen LogP contribution in [-0.2, 0) is 18.4 Å². The summed E-state index contributed by atoms with van der Waals surface area (Å²) in [5, 5.41) is 7.02. The highest BCUT2D eigenvalue weighted by atomic mass is 16.2. The molecule has 1 aliphatic rings. The van der Waals surface area contributed by atoms with E-state index >= 15 is 0 Å². The third kappa shape index (κ3) is 2.20. The average Bonchev–Trinajstić information content (AvgIpc) is 2.84. The number of aryl methyl sites for hydroxylation is 1. The molecule has 0 aliphatic heterocycles. The van der Waals surface area contributed by atoms with E-state index in [1.54, 1.807) is 10.9 Å². The minimum Gasteiger partial charge on any atom is -0.350 e. The van der Waals surface area contributed by atoms with Gasteiger partial charge in [-0.25, -0.2) is 0 Å². The van der Waals surface area contributed by atoms with Gasteiger partial charge in [-0.1, -0.05) is 6.42 Å². The first-order valence-corrected chi connectivity index (χ1v) is 6.05. The number of aromatic nitrogens is 2. The van der Waals surface area contributed by atoms with Gasteiger partial charge >= 0.3 is 0 Å². The number of nitrogens with zero attached hydrogens (tertiary/aromatic N) is 2. The lowest BCUT2D eigenvalue weighted by Gasteiger charge is -2.27. The molecule has 1 aromatic rings. The highest BCUT2D eigenvalue weighted by molar-refractivity contribution is 5.83. The number of nitrogens with two attached hydrogens (primary N) is 1. The maximum atomic E-state index is 12.2. The van der Waals surface area contributed by atoms with Gasteiger partial charge < -0.3 is 11.1 Å². The minimum atomic E-state index is -0.404. The highest BCUT2D eigenvalue weighted by Gasteiger charge is 2.42.